The highest BCUT2D eigenvalue weighted by Gasteiger charge is 2.51. The molecule has 0 N–H and O–H groups in total. The largest absolute Gasteiger partial charge is 0.496 e. The third kappa shape index (κ3) is 2.43. The maximum atomic E-state index is 8.27. The van der Waals surface area contributed by atoms with Gasteiger partial charge in [-0.1, -0.05) is 6.04 Å². The minimum atomic E-state index is -3.09. The second kappa shape index (κ2) is 4.65. The van der Waals surface area contributed by atoms with Crippen molar-refractivity contribution in [3.8, 4) is 0 Å². The van der Waals surface area contributed by atoms with E-state index in [1.54, 1.807) is 27.7 Å². The van der Waals surface area contributed by atoms with Crippen molar-refractivity contribution in [1.82, 2.24) is 4.98 Å². The van der Waals surface area contributed by atoms with Crippen LogP contribution >= 0.6 is 0 Å². The quantitative estimate of drug-likeness (QED) is 0.770. The maximum Gasteiger partial charge on any atom is 0.496 e. The van der Waals surface area contributed by atoms with Gasteiger partial charge in [0.25, 0.3) is 0 Å². The minimum absolute atomic E-state index is 0.187. The van der Waals surface area contributed by atoms with Crippen molar-refractivity contribution in [2.24, 2.45) is 0 Å². The van der Waals surface area contributed by atoms with Gasteiger partial charge in [0, 0.05) is 24.8 Å². The summed E-state index contributed by atoms with van der Waals surface area (Å²) in [5.41, 5.74) is -2.43. The molecule has 1 aliphatic heterocycles. The molecule has 0 amide bonds. The average Bonchev–Trinajstić information content (AvgIpc) is 2.52. The first-order chi connectivity index (χ1) is 11.5. The molecule has 0 aromatic carbocycles. The molecule has 18 heavy (non-hydrogen) atoms. The van der Waals surface area contributed by atoms with Crippen LogP contribution in [0.5, 0.6) is 0 Å². The average molecular weight is 257 g/mol. The Bertz CT molecular complexity index is 706. The Morgan fingerprint density at radius 1 is 1.39 bits per heavy atom. The van der Waals surface area contributed by atoms with E-state index < -0.39 is 55.9 Å². The van der Waals surface area contributed by atoms with E-state index in [2.05, 4.69) is 9.72 Å². The Hall–Kier alpha value is -0.905. The number of hydrogen-bond acceptors (Lipinski definition) is 4. The molecule has 0 unspecified atom stereocenters. The summed E-state index contributed by atoms with van der Waals surface area (Å²) in [6, 6.07) is -0.609. The van der Waals surface area contributed by atoms with Crippen LogP contribution in [0.25, 0.3) is 0 Å². The van der Waals surface area contributed by atoms with Gasteiger partial charge in [-0.2, -0.15) is 0 Å². The first-order valence-electron chi connectivity index (χ1n) is 9.52. The lowest BCUT2D eigenvalue weighted by molar-refractivity contribution is 0.00578. The lowest BCUT2D eigenvalue weighted by Crippen LogP contribution is -2.41. The van der Waals surface area contributed by atoms with Crippen molar-refractivity contribution < 1.29 is 25.0 Å². The number of pyridine rings is 1. The second-order valence-electron chi connectivity index (χ2n) is 5.04. The summed E-state index contributed by atoms with van der Waals surface area (Å²) in [4.78, 5) is 3.62. The molecule has 0 atom stereocenters. The van der Waals surface area contributed by atoms with Crippen LogP contribution in [0.3, 0.4) is 0 Å². The van der Waals surface area contributed by atoms with Gasteiger partial charge in [0.1, 0.15) is 0 Å². The standard InChI is InChI=1S/C13H20BNO3/c1-12(2)13(3,4)18-14(17-12)11-6-10(9-16-5)7-15-8-11/h6-8H,9H2,1-5H3/i5D3,6D,7D,8D,9D2. The lowest BCUT2D eigenvalue weighted by atomic mass is 9.80. The summed E-state index contributed by atoms with van der Waals surface area (Å²) >= 11 is 0. The Labute approximate surface area is 120 Å². The van der Waals surface area contributed by atoms with E-state index in [-0.39, 0.29) is 5.46 Å². The zero-order valence-electron chi connectivity index (χ0n) is 18.7. The van der Waals surface area contributed by atoms with Crippen molar-refractivity contribution in [1.29, 1.82) is 0 Å². The van der Waals surface area contributed by atoms with Gasteiger partial charge >= 0.3 is 7.12 Å². The number of hydrogen-bond donors (Lipinski definition) is 0. The molecule has 0 aliphatic carbocycles. The molecule has 0 radical (unpaired) electrons. The molecule has 4 nitrogen and oxygen atoms in total. The topological polar surface area (TPSA) is 40.6 Å². The van der Waals surface area contributed by atoms with Crippen LogP contribution in [-0.4, -0.2) is 30.3 Å². The highest BCUT2D eigenvalue weighted by molar-refractivity contribution is 6.62. The molecule has 98 valence electrons. The lowest BCUT2D eigenvalue weighted by Gasteiger charge is -2.32. The number of ether oxygens (including phenoxy) is 1. The van der Waals surface area contributed by atoms with Gasteiger partial charge in [0.15, 0.2) is 0 Å². The summed E-state index contributed by atoms with van der Waals surface area (Å²) in [6.07, 6.45) is -1.23. The molecule has 1 aromatic rings. The summed E-state index contributed by atoms with van der Waals surface area (Å²) in [6.45, 7) is 4.09. The van der Waals surface area contributed by atoms with Crippen molar-refractivity contribution in [3.05, 3.63) is 24.0 Å². The van der Waals surface area contributed by atoms with Crippen LogP contribution in [0.2, 0.25) is 0 Å². The Morgan fingerprint density at radius 3 is 2.67 bits per heavy atom. The molecule has 0 spiro atoms. The third-order valence-electron chi connectivity index (χ3n) is 3.25. The number of rotatable bonds is 3. The third-order valence-corrected chi connectivity index (χ3v) is 3.25. The van der Waals surface area contributed by atoms with Crippen molar-refractivity contribution in [2.45, 2.75) is 45.5 Å². The Balaban J connectivity index is 2.58. The fraction of sp³-hybridized carbons (Fsp3) is 0.615. The molecule has 1 aromatic heterocycles. The zero-order valence-corrected chi connectivity index (χ0v) is 10.7. The molecule has 5 heteroatoms. The summed E-state index contributed by atoms with van der Waals surface area (Å²) in [7, 11) is -4.28. The first kappa shape index (κ1) is 6.50. The van der Waals surface area contributed by atoms with Gasteiger partial charge in [-0.3, -0.25) is 4.98 Å². The second-order valence-corrected chi connectivity index (χ2v) is 5.04. The van der Waals surface area contributed by atoms with Crippen molar-refractivity contribution >= 4 is 12.6 Å². The molecule has 0 bridgehead atoms. The highest BCUT2D eigenvalue weighted by Crippen LogP contribution is 2.36. The minimum Gasteiger partial charge on any atom is -0.399 e. The van der Waals surface area contributed by atoms with E-state index in [0.29, 0.717) is 0 Å². The van der Waals surface area contributed by atoms with E-state index in [0.717, 1.165) is 0 Å². The van der Waals surface area contributed by atoms with E-state index in [1.807, 2.05) is 0 Å². The van der Waals surface area contributed by atoms with Gasteiger partial charge in [-0.05, 0) is 33.3 Å². The van der Waals surface area contributed by atoms with Crippen LogP contribution in [-0.2, 0) is 20.6 Å². The normalized spacial score (nSPS) is 29.2. The Kier molecular flexibility index (Phi) is 1.68. The van der Waals surface area contributed by atoms with Crippen LogP contribution < -0.4 is 5.46 Å². The first-order valence-corrected chi connectivity index (χ1v) is 5.52. The van der Waals surface area contributed by atoms with Crippen molar-refractivity contribution in [3.63, 3.8) is 0 Å². The van der Waals surface area contributed by atoms with Crippen LogP contribution in [0.4, 0.5) is 0 Å². The highest BCUT2D eigenvalue weighted by atomic mass is 16.7. The molecule has 1 aliphatic rings. The summed E-state index contributed by atoms with van der Waals surface area (Å²) in [5, 5.41) is 0. The van der Waals surface area contributed by atoms with Gasteiger partial charge < -0.3 is 14.0 Å². The van der Waals surface area contributed by atoms with E-state index in [1.165, 1.54) is 0 Å². The van der Waals surface area contributed by atoms with E-state index >= 15 is 0 Å². The SMILES string of the molecule is [2H]c1nc([2H])c(C([2H])([2H])OC([2H])([2H])[2H])c([2H])c1B1OC(C)(C)C(C)(C)O1. The van der Waals surface area contributed by atoms with Gasteiger partial charge in [0.05, 0.1) is 28.7 Å². The van der Waals surface area contributed by atoms with Gasteiger partial charge in [-0.15, -0.1) is 0 Å². The molecular formula is C13H20BNO3. The predicted octanol–water partition coefficient (Wildman–Crippen LogP) is 1.53. The fourth-order valence-corrected chi connectivity index (χ4v) is 1.51. The van der Waals surface area contributed by atoms with Gasteiger partial charge in [-0.25, -0.2) is 0 Å². The predicted molar refractivity (Wildman–Crippen MR) is 70.7 cm³/mol. The summed E-state index contributed by atoms with van der Waals surface area (Å²) < 4.78 is 77.0. The van der Waals surface area contributed by atoms with E-state index in [4.69, 9.17) is 20.3 Å². The molecule has 0 saturated carbocycles. The fourth-order valence-electron chi connectivity index (χ4n) is 1.51. The summed E-state index contributed by atoms with van der Waals surface area (Å²) in [5.74, 6) is 0. The smallest absolute Gasteiger partial charge is 0.399 e. The monoisotopic (exact) mass is 257 g/mol. The molecule has 1 fully saturated rings. The van der Waals surface area contributed by atoms with Crippen molar-refractivity contribution in [2.75, 3.05) is 7.04 Å². The van der Waals surface area contributed by atoms with Crippen LogP contribution in [0, 0.1) is 0 Å². The molecular weight excluding hydrogens is 229 g/mol. The number of methoxy groups -OCH3 is 1. The Morgan fingerprint density at radius 2 is 2.06 bits per heavy atom. The van der Waals surface area contributed by atoms with E-state index in [9.17, 15) is 0 Å². The molecule has 2 heterocycles. The molecule has 1 saturated heterocycles. The van der Waals surface area contributed by atoms with Crippen LogP contribution in [0.15, 0.2) is 18.4 Å². The number of nitrogens with zero attached hydrogens (tertiary/aromatic N) is 1. The van der Waals surface area contributed by atoms with Gasteiger partial charge in [0.2, 0.25) is 0 Å². The van der Waals surface area contributed by atoms with Crippen LogP contribution in [0.1, 0.15) is 44.2 Å². The maximum absolute atomic E-state index is 8.27. The molecule has 2 rings (SSSR count). The zero-order chi connectivity index (χ0) is 20.3. The number of aromatic nitrogens is 1.